The van der Waals surface area contributed by atoms with Crippen molar-refractivity contribution < 1.29 is 4.79 Å². The minimum Gasteiger partial charge on any atom is -0.368 e. The molecule has 0 aromatic carbocycles. The van der Waals surface area contributed by atoms with Crippen molar-refractivity contribution >= 4 is 5.91 Å². The van der Waals surface area contributed by atoms with Gasteiger partial charge in [-0.3, -0.25) is 4.79 Å². The summed E-state index contributed by atoms with van der Waals surface area (Å²) in [4.78, 5) is 11.2. The molecule has 0 aromatic heterocycles. The second-order valence-electron chi connectivity index (χ2n) is 5.64. The van der Waals surface area contributed by atoms with Crippen molar-refractivity contribution in [3.8, 4) is 0 Å². The molecule has 0 saturated heterocycles. The molecule has 88 valence electrons. The standard InChI is InChI=1S/C12H24N2O/c1-8-5-6-10(9(2)7-8)14-12(3,4)11(13)15/h8-10,14H,5-7H2,1-4H3,(H2,13,15). The number of hydrogen-bond acceptors (Lipinski definition) is 2. The summed E-state index contributed by atoms with van der Waals surface area (Å²) < 4.78 is 0. The van der Waals surface area contributed by atoms with Crippen LogP contribution in [0.3, 0.4) is 0 Å². The highest BCUT2D eigenvalue weighted by Gasteiger charge is 2.32. The number of carbonyl (C=O) groups is 1. The third-order valence-electron chi connectivity index (χ3n) is 3.59. The van der Waals surface area contributed by atoms with E-state index in [0.29, 0.717) is 12.0 Å². The molecule has 3 N–H and O–H groups in total. The molecule has 3 unspecified atom stereocenters. The first kappa shape index (κ1) is 12.5. The summed E-state index contributed by atoms with van der Waals surface area (Å²) in [6, 6.07) is 0.434. The van der Waals surface area contributed by atoms with Crippen molar-refractivity contribution in [3.63, 3.8) is 0 Å². The Morgan fingerprint density at radius 1 is 1.33 bits per heavy atom. The van der Waals surface area contributed by atoms with Crippen molar-refractivity contribution in [1.82, 2.24) is 5.32 Å². The summed E-state index contributed by atoms with van der Waals surface area (Å²) in [6.45, 7) is 8.27. The van der Waals surface area contributed by atoms with Gasteiger partial charge in [-0.15, -0.1) is 0 Å². The molecule has 0 bridgehead atoms. The van der Waals surface area contributed by atoms with E-state index in [1.165, 1.54) is 12.8 Å². The van der Waals surface area contributed by atoms with E-state index in [4.69, 9.17) is 5.73 Å². The van der Waals surface area contributed by atoms with Crippen molar-refractivity contribution in [2.24, 2.45) is 17.6 Å². The SMILES string of the molecule is CC1CCC(NC(C)(C)C(N)=O)C(C)C1. The van der Waals surface area contributed by atoms with E-state index >= 15 is 0 Å². The molecular weight excluding hydrogens is 188 g/mol. The van der Waals surface area contributed by atoms with Gasteiger partial charge in [0.2, 0.25) is 5.91 Å². The molecule has 0 spiro atoms. The summed E-state index contributed by atoms with van der Waals surface area (Å²) in [7, 11) is 0. The maximum absolute atomic E-state index is 11.2. The second-order valence-corrected chi connectivity index (χ2v) is 5.64. The third kappa shape index (κ3) is 3.20. The molecule has 0 radical (unpaired) electrons. The van der Waals surface area contributed by atoms with E-state index in [2.05, 4.69) is 19.2 Å². The quantitative estimate of drug-likeness (QED) is 0.747. The maximum atomic E-state index is 11.2. The molecule has 3 nitrogen and oxygen atoms in total. The van der Waals surface area contributed by atoms with Gasteiger partial charge in [-0.05, 0) is 44.9 Å². The van der Waals surface area contributed by atoms with Gasteiger partial charge in [-0.1, -0.05) is 13.8 Å². The monoisotopic (exact) mass is 212 g/mol. The fraction of sp³-hybridized carbons (Fsp3) is 0.917. The van der Waals surface area contributed by atoms with Gasteiger partial charge in [0.1, 0.15) is 0 Å². The molecule has 1 amide bonds. The number of nitrogens with two attached hydrogens (primary N) is 1. The van der Waals surface area contributed by atoms with Crippen molar-refractivity contribution in [1.29, 1.82) is 0 Å². The van der Waals surface area contributed by atoms with Crippen LogP contribution in [0.1, 0.15) is 47.0 Å². The zero-order valence-corrected chi connectivity index (χ0v) is 10.3. The Morgan fingerprint density at radius 3 is 2.40 bits per heavy atom. The van der Waals surface area contributed by atoms with E-state index in [0.717, 1.165) is 12.3 Å². The molecule has 0 aromatic rings. The van der Waals surface area contributed by atoms with Gasteiger partial charge in [0, 0.05) is 6.04 Å². The first-order valence-corrected chi connectivity index (χ1v) is 5.90. The lowest BCUT2D eigenvalue weighted by Crippen LogP contribution is -2.56. The summed E-state index contributed by atoms with van der Waals surface area (Å²) in [6.07, 6.45) is 3.64. The van der Waals surface area contributed by atoms with Gasteiger partial charge in [0.05, 0.1) is 5.54 Å². The average molecular weight is 212 g/mol. The third-order valence-corrected chi connectivity index (χ3v) is 3.59. The topological polar surface area (TPSA) is 55.1 Å². The number of nitrogens with one attached hydrogen (secondary N) is 1. The van der Waals surface area contributed by atoms with Crippen LogP contribution >= 0.6 is 0 Å². The Bertz CT molecular complexity index is 238. The molecule has 1 fully saturated rings. The van der Waals surface area contributed by atoms with Crippen molar-refractivity contribution in [2.45, 2.75) is 58.5 Å². The Kier molecular flexibility index (Phi) is 3.77. The minimum absolute atomic E-state index is 0.270. The number of rotatable bonds is 3. The van der Waals surface area contributed by atoms with Crippen LogP contribution in [0.15, 0.2) is 0 Å². The summed E-state index contributed by atoms with van der Waals surface area (Å²) >= 11 is 0. The van der Waals surface area contributed by atoms with Crippen LogP contribution in [0.4, 0.5) is 0 Å². The molecule has 15 heavy (non-hydrogen) atoms. The zero-order chi connectivity index (χ0) is 11.6. The first-order valence-electron chi connectivity index (χ1n) is 5.90. The second kappa shape index (κ2) is 4.52. The van der Waals surface area contributed by atoms with Gasteiger partial charge < -0.3 is 11.1 Å². The van der Waals surface area contributed by atoms with Gasteiger partial charge in [-0.2, -0.15) is 0 Å². The Labute approximate surface area is 92.8 Å². The minimum atomic E-state index is -0.584. The number of carbonyl (C=O) groups excluding carboxylic acids is 1. The molecule has 0 aliphatic heterocycles. The van der Waals surface area contributed by atoms with Crippen molar-refractivity contribution in [3.05, 3.63) is 0 Å². The molecule has 1 rings (SSSR count). The lowest BCUT2D eigenvalue weighted by Gasteiger charge is -2.38. The van der Waals surface area contributed by atoms with E-state index in [9.17, 15) is 4.79 Å². The van der Waals surface area contributed by atoms with E-state index in [-0.39, 0.29) is 5.91 Å². The van der Waals surface area contributed by atoms with Crippen LogP contribution in [0.2, 0.25) is 0 Å². The number of hydrogen-bond donors (Lipinski definition) is 2. The van der Waals surface area contributed by atoms with E-state index in [1.54, 1.807) is 0 Å². The van der Waals surface area contributed by atoms with Crippen LogP contribution < -0.4 is 11.1 Å². The predicted octanol–water partition coefficient (Wildman–Crippen LogP) is 1.66. The Balaban J connectivity index is 2.55. The normalized spacial score (nSPS) is 32.7. The van der Waals surface area contributed by atoms with Crippen LogP contribution in [0, 0.1) is 11.8 Å². The number of amides is 1. The molecule has 1 saturated carbocycles. The largest absolute Gasteiger partial charge is 0.368 e. The smallest absolute Gasteiger partial charge is 0.237 e. The van der Waals surface area contributed by atoms with Gasteiger partial charge in [0.25, 0.3) is 0 Å². The summed E-state index contributed by atoms with van der Waals surface area (Å²) in [5.41, 5.74) is 4.77. The molecule has 0 heterocycles. The van der Waals surface area contributed by atoms with E-state index < -0.39 is 5.54 Å². The summed E-state index contributed by atoms with van der Waals surface area (Å²) in [5, 5.41) is 3.39. The Hall–Kier alpha value is -0.570. The fourth-order valence-electron chi connectivity index (χ4n) is 2.41. The molecule has 1 aliphatic rings. The van der Waals surface area contributed by atoms with Crippen LogP contribution in [-0.2, 0) is 4.79 Å². The highest BCUT2D eigenvalue weighted by atomic mass is 16.1. The predicted molar refractivity (Wildman–Crippen MR) is 62.4 cm³/mol. The first-order chi connectivity index (χ1) is 6.83. The highest BCUT2D eigenvalue weighted by molar-refractivity contribution is 5.83. The average Bonchev–Trinajstić information content (AvgIpc) is 2.09. The highest BCUT2D eigenvalue weighted by Crippen LogP contribution is 2.29. The van der Waals surface area contributed by atoms with Gasteiger partial charge in [0.15, 0.2) is 0 Å². The maximum Gasteiger partial charge on any atom is 0.237 e. The van der Waals surface area contributed by atoms with Gasteiger partial charge >= 0.3 is 0 Å². The zero-order valence-electron chi connectivity index (χ0n) is 10.3. The lowest BCUT2D eigenvalue weighted by molar-refractivity contribution is -0.123. The van der Waals surface area contributed by atoms with Crippen LogP contribution in [0.25, 0.3) is 0 Å². The van der Waals surface area contributed by atoms with Crippen molar-refractivity contribution in [2.75, 3.05) is 0 Å². The van der Waals surface area contributed by atoms with Gasteiger partial charge in [-0.25, -0.2) is 0 Å². The fourth-order valence-corrected chi connectivity index (χ4v) is 2.41. The van der Waals surface area contributed by atoms with Crippen LogP contribution in [0.5, 0.6) is 0 Å². The Morgan fingerprint density at radius 2 is 1.93 bits per heavy atom. The molecule has 1 aliphatic carbocycles. The molecular formula is C12H24N2O. The molecule has 3 atom stereocenters. The van der Waals surface area contributed by atoms with Crippen LogP contribution in [-0.4, -0.2) is 17.5 Å². The van der Waals surface area contributed by atoms with E-state index in [1.807, 2.05) is 13.8 Å². The lowest BCUT2D eigenvalue weighted by atomic mass is 9.79. The summed E-state index contributed by atoms with van der Waals surface area (Å²) in [5.74, 6) is 1.18. The number of primary amides is 1. The molecule has 3 heteroatoms.